The van der Waals surface area contributed by atoms with Gasteiger partial charge in [0.2, 0.25) is 0 Å². The van der Waals surface area contributed by atoms with Crippen LogP contribution in [0.25, 0.3) is 0 Å². The van der Waals surface area contributed by atoms with Gasteiger partial charge in [-0.2, -0.15) is 0 Å². The number of nitro groups is 1. The fraction of sp³-hybridized carbons (Fsp3) is 0.235. The topological polar surface area (TPSA) is 75.5 Å². The van der Waals surface area contributed by atoms with Crippen LogP contribution in [0.3, 0.4) is 0 Å². The minimum Gasteiger partial charge on any atom is -0.350 e. The van der Waals surface area contributed by atoms with Crippen LogP contribution in [0.15, 0.2) is 54.6 Å². The number of hydrogen-bond donors (Lipinski definition) is 1. The maximum Gasteiger partial charge on any atom is 0.282 e. The molecular weight excluding hydrogens is 294 g/mol. The molecule has 0 unspecified atom stereocenters. The van der Waals surface area contributed by atoms with E-state index in [0.717, 1.165) is 5.56 Å². The smallest absolute Gasteiger partial charge is 0.282 e. The van der Waals surface area contributed by atoms with E-state index in [2.05, 4.69) is 5.32 Å². The van der Waals surface area contributed by atoms with E-state index in [1.807, 2.05) is 49.3 Å². The molecule has 1 N–H and O–H groups in total. The maximum absolute atomic E-state index is 12.3. The molecule has 2 aromatic carbocycles. The molecular formula is C17H19N3O3. The Bertz CT molecular complexity index is 686. The van der Waals surface area contributed by atoms with Crippen LogP contribution in [0, 0.1) is 10.1 Å². The van der Waals surface area contributed by atoms with E-state index in [4.69, 9.17) is 0 Å². The molecule has 0 aromatic heterocycles. The number of para-hydroxylation sites is 1. The summed E-state index contributed by atoms with van der Waals surface area (Å²) in [6, 6.07) is 15.7. The quantitative estimate of drug-likeness (QED) is 0.657. The molecule has 0 spiro atoms. The van der Waals surface area contributed by atoms with Gasteiger partial charge >= 0.3 is 0 Å². The molecule has 0 radical (unpaired) electrons. The third-order valence-corrected chi connectivity index (χ3v) is 3.61. The Morgan fingerprint density at radius 1 is 1.13 bits per heavy atom. The summed E-state index contributed by atoms with van der Waals surface area (Å²) in [7, 11) is 3.85. The first-order valence-corrected chi connectivity index (χ1v) is 7.23. The lowest BCUT2D eigenvalue weighted by Gasteiger charge is -2.25. The van der Waals surface area contributed by atoms with Crippen molar-refractivity contribution in [2.75, 3.05) is 20.6 Å². The number of rotatable bonds is 6. The van der Waals surface area contributed by atoms with Crippen molar-refractivity contribution in [3.05, 3.63) is 75.8 Å². The van der Waals surface area contributed by atoms with Crippen LogP contribution in [0.1, 0.15) is 22.0 Å². The second-order valence-electron chi connectivity index (χ2n) is 5.37. The standard InChI is InChI=1S/C17H19N3O3/c1-19(2)16(13-8-4-3-5-9-13)12-18-17(21)14-10-6-7-11-15(14)20(22)23/h3-11,16H,12H2,1-2H3,(H,18,21)/t16-/m0/s1. The Hall–Kier alpha value is -2.73. The van der Waals surface area contributed by atoms with Crippen LogP contribution in [0.2, 0.25) is 0 Å². The number of hydrogen-bond acceptors (Lipinski definition) is 4. The predicted molar refractivity (Wildman–Crippen MR) is 88.3 cm³/mol. The molecule has 2 aromatic rings. The lowest BCUT2D eigenvalue weighted by Crippen LogP contribution is -2.34. The third kappa shape index (κ3) is 4.14. The lowest BCUT2D eigenvalue weighted by atomic mass is 10.1. The van der Waals surface area contributed by atoms with E-state index in [-0.39, 0.29) is 17.3 Å². The van der Waals surface area contributed by atoms with Gasteiger partial charge in [0.05, 0.1) is 11.0 Å². The van der Waals surface area contributed by atoms with E-state index >= 15 is 0 Å². The first-order valence-electron chi connectivity index (χ1n) is 7.23. The monoisotopic (exact) mass is 313 g/mol. The Kier molecular flexibility index (Phi) is 5.43. The van der Waals surface area contributed by atoms with E-state index in [1.165, 1.54) is 12.1 Å². The number of likely N-dealkylation sites (N-methyl/N-ethyl adjacent to an activating group) is 1. The Morgan fingerprint density at radius 3 is 2.35 bits per heavy atom. The summed E-state index contributed by atoms with van der Waals surface area (Å²) >= 11 is 0. The van der Waals surface area contributed by atoms with E-state index < -0.39 is 10.8 Å². The first-order chi connectivity index (χ1) is 11.0. The van der Waals surface area contributed by atoms with E-state index in [9.17, 15) is 14.9 Å². The molecule has 0 aliphatic carbocycles. The zero-order chi connectivity index (χ0) is 16.8. The Balaban J connectivity index is 2.13. The van der Waals surface area contributed by atoms with Gasteiger partial charge in [0.1, 0.15) is 5.56 Å². The van der Waals surface area contributed by atoms with Crippen molar-refractivity contribution in [3.63, 3.8) is 0 Å². The molecule has 2 rings (SSSR count). The van der Waals surface area contributed by atoms with Crippen molar-refractivity contribution in [3.8, 4) is 0 Å². The number of nitrogens with zero attached hydrogens (tertiary/aromatic N) is 2. The predicted octanol–water partition coefficient (Wildman–Crippen LogP) is 2.63. The summed E-state index contributed by atoms with van der Waals surface area (Å²) < 4.78 is 0. The zero-order valence-electron chi connectivity index (χ0n) is 13.1. The van der Waals surface area contributed by atoms with Crippen LogP contribution >= 0.6 is 0 Å². The number of carbonyl (C=O) groups is 1. The maximum atomic E-state index is 12.3. The van der Waals surface area contributed by atoms with Crippen molar-refractivity contribution < 1.29 is 9.72 Å². The molecule has 0 saturated carbocycles. The Morgan fingerprint density at radius 2 is 1.74 bits per heavy atom. The highest BCUT2D eigenvalue weighted by Gasteiger charge is 2.21. The zero-order valence-corrected chi connectivity index (χ0v) is 13.1. The average molecular weight is 313 g/mol. The van der Waals surface area contributed by atoms with E-state index in [0.29, 0.717) is 6.54 Å². The highest BCUT2D eigenvalue weighted by atomic mass is 16.6. The lowest BCUT2D eigenvalue weighted by molar-refractivity contribution is -0.385. The minimum atomic E-state index is -0.546. The fourth-order valence-corrected chi connectivity index (χ4v) is 2.38. The van der Waals surface area contributed by atoms with Gasteiger partial charge in [-0.25, -0.2) is 0 Å². The Labute approximate surface area is 134 Å². The fourth-order valence-electron chi connectivity index (χ4n) is 2.38. The summed E-state index contributed by atoms with van der Waals surface area (Å²) in [6.45, 7) is 0.363. The largest absolute Gasteiger partial charge is 0.350 e. The van der Waals surface area contributed by atoms with Crippen molar-refractivity contribution in [2.45, 2.75) is 6.04 Å². The summed E-state index contributed by atoms with van der Waals surface area (Å²) in [5.74, 6) is -0.444. The highest BCUT2D eigenvalue weighted by Crippen LogP contribution is 2.19. The van der Waals surface area contributed by atoms with Crippen LogP contribution < -0.4 is 5.32 Å². The summed E-state index contributed by atoms with van der Waals surface area (Å²) in [5, 5.41) is 13.8. The van der Waals surface area contributed by atoms with Gasteiger partial charge in [-0.05, 0) is 25.7 Å². The number of amides is 1. The van der Waals surface area contributed by atoms with Gasteiger partial charge in [-0.3, -0.25) is 14.9 Å². The second-order valence-corrected chi connectivity index (χ2v) is 5.37. The van der Waals surface area contributed by atoms with Crippen LogP contribution in [0.4, 0.5) is 5.69 Å². The highest BCUT2D eigenvalue weighted by molar-refractivity contribution is 5.98. The number of nitro benzene ring substituents is 1. The van der Waals surface area contributed by atoms with Crippen LogP contribution in [0.5, 0.6) is 0 Å². The van der Waals surface area contributed by atoms with Gasteiger partial charge in [-0.15, -0.1) is 0 Å². The molecule has 0 aliphatic heterocycles. The summed E-state index contributed by atoms with van der Waals surface area (Å²) in [4.78, 5) is 24.8. The SMILES string of the molecule is CN(C)[C@@H](CNC(=O)c1ccccc1[N+](=O)[O-])c1ccccc1. The summed E-state index contributed by atoms with van der Waals surface area (Å²) in [5.41, 5.74) is 0.953. The van der Waals surface area contributed by atoms with Crippen LogP contribution in [-0.2, 0) is 0 Å². The number of nitrogens with one attached hydrogen (secondary N) is 1. The van der Waals surface area contributed by atoms with E-state index in [1.54, 1.807) is 12.1 Å². The molecule has 0 heterocycles. The summed E-state index contributed by atoms with van der Waals surface area (Å²) in [6.07, 6.45) is 0. The number of carbonyl (C=O) groups excluding carboxylic acids is 1. The minimum absolute atomic E-state index is 0.0112. The van der Waals surface area contributed by atoms with Gasteiger partial charge in [0.25, 0.3) is 11.6 Å². The molecule has 6 nitrogen and oxygen atoms in total. The normalized spacial score (nSPS) is 12.0. The molecule has 6 heteroatoms. The van der Waals surface area contributed by atoms with Gasteiger partial charge < -0.3 is 10.2 Å². The van der Waals surface area contributed by atoms with Gasteiger partial charge in [-0.1, -0.05) is 42.5 Å². The van der Waals surface area contributed by atoms with Crippen molar-refractivity contribution in [2.24, 2.45) is 0 Å². The molecule has 0 saturated heterocycles. The molecule has 1 atom stereocenters. The average Bonchev–Trinajstić information content (AvgIpc) is 2.55. The molecule has 0 bridgehead atoms. The van der Waals surface area contributed by atoms with Crippen molar-refractivity contribution in [1.29, 1.82) is 0 Å². The van der Waals surface area contributed by atoms with Crippen molar-refractivity contribution >= 4 is 11.6 Å². The molecule has 0 fully saturated rings. The van der Waals surface area contributed by atoms with Gasteiger partial charge in [0, 0.05) is 12.6 Å². The molecule has 1 amide bonds. The van der Waals surface area contributed by atoms with Gasteiger partial charge in [0.15, 0.2) is 0 Å². The van der Waals surface area contributed by atoms with Crippen molar-refractivity contribution in [1.82, 2.24) is 10.2 Å². The first kappa shape index (κ1) is 16.6. The molecule has 0 aliphatic rings. The second kappa shape index (κ2) is 7.51. The molecule has 120 valence electrons. The third-order valence-electron chi connectivity index (χ3n) is 3.61. The van der Waals surface area contributed by atoms with Crippen LogP contribution in [-0.4, -0.2) is 36.4 Å². The number of benzene rings is 2. The molecule has 23 heavy (non-hydrogen) atoms.